The van der Waals surface area contributed by atoms with Crippen LogP contribution in [0, 0.1) is 10.8 Å². The maximum Gasteiger partial charge on any atom is 0.337 e. The molecule has 2 amide bonds. The van der Waals surface area contributed by atoms with E-state index in [9.17, 15) is 34.2 Å². The number of unbranched alkanes of at least 4 members (excludes halogenated alkanes) is 9. The summed E-state index contributed by atoms with van der Waals surface area (Å²) in [5.74, 6) is -3.73. The average molecular weight is 717 g/mol. The summed E-state index contributed by atoms with van der Waals surface area (Å²) >= 11 is 0. The average Bonchev–Trinajstić information content (AvgIpc) is 3.06. The molecule has 11 nitrogen and oxygen atoms in total. The highest BCUT2D eigenvalue weighted by atomic mass is 16.5. The minimum atomic E-state index is -2.97. The number of nitrogens with one attached hydrogen (secondary N) is 1. The van der Waals surface area contributed by atoms with Crippen molar-refractivity contribution in [3.8, 4) is 5.75 Å². The summed E-state index contributed by atoms with van der Waals surface area (Å²) in [6.45, 7) is 9.53. The Morgan fingerprint density at radius 3 is 1.94 bits per heavy atom. The van der Waals surface area contributed by atoms with Crippen LogP contribution in [0.1, 0.15) is 136 Å². The molecular weight excluding hydrogens is 652 g/mol. The van der Waals surface area contributed by atoms with E-state index in [2.05, 4.69) is 19.2 Å². The molecule has 1 rings (SSSR count). The van der Waals surface area contributed by atoms with E-state index in [1.807, 2.05) is 0 Å². The summed E-state index contributed by atoms with van der Waals surface area (Å²) in [6, 6.07) is 5.77. The number of nitrogens with two attached hydrogens (primary N) is 1. The van der Waals surface area contributed by atoms with E-state index in [1.165, 1.54) is 26.0 Å². The maximum absolute atomic E-state index is 14.5. The first-order valence-electron chi connectivity index (χ1n) is 18.6. The topological polar surface area (TPSA) is 182 Å². The lowest BCUT2D eigenvalue weighted by Gasteiger charge is -2.49. The van der Waals surface area contributed by atoms with Crippen molar-refractivity contribution in [1.29, 1.82) is 0 Å². The van der Waals surface area contributed by atoms with Gasteiger partial charge in [0.25, 0.3) is 0 Å². The zero-order valence-corrected chi connectivity index (χ0v) is 31.9. The number of rotatable bonds is 27. The number of allylic oxidation sites excluding steroid dienone is 1. The first kappa shape index (κ1) is 45.3. The molecule has 0 aliphatic carbocycles. The summed E-state index contributed by atoms with van der Waals surface area (Å²) in [5, 5.41) is 24.9. The molecule has 11 heteroatoms. The number of carbonyl (C=O) groups excluding carboxylic acids is 4. The van der Waals surface area contributed by atoms with Crippen LogP contribution in [-0.2, 0) is 35.1 Å². The molecule has 0 aliphatic rings. The number of carboxylic acid groups (broad SMARTS) is 1. The summed E-state index contributed by atoms with van der Waals surface area (Å²) < 4.78 is 10.7. The first-order chi connectivity index (χ1) is 24.1. The Balaban J connectivity index is 3.23. The van der Waals surface area contributed by atoms with Gasteiger partial charge in [-0.25, -0.2) is 9.59 Å². The number of amides is 2. The predicted molar refractivity (Wildman–Crippen MR) is 198 cm³/mol. The third-order valence-corrected chi connectivity index (χ3v) is 9.40. The zero-order valence-electron chi connectivity index (χ0n) is 31.9. The van der Waals surface area contributed by atoms with Gasteiger partial charge >= 0.3 is 11.9 Å². The van der Waals surface area contributed by atoms with Gasteiger partial charge in [-0.05, 0) is 55.2 Å². The number of aliphatic carboxylic acids is 1. The Morgan fingerprint density at radius 2 is 1.43 bits per heavy atom. The number of primary amides is 1. The third kappa shape index (κ3) is 14.4. The van der Waals surface area contributed by atoms with E-state index >= 15 is 0 Å². The molecule has 0 fully saturated rings. The molecule has 0 radical (unpaired) electrons. The first-order valence-corrected chi connectivity index (χ1v) is 18.6. The van der Waals surface area contributed by atoms with Gasteiger partial charge in [-0.2, -0.15) is 0 Å². The second-order valence-electron chi connectivity index (χ2n) is 14.5. The minimum absolute atomic E-state index is 0.000268. The third-order valence-electron chi connectivity index (χ3n) is 9.40. The Morgan fingerprint density at radius 1 is 0.863 bits per heavy atom. The van der Waals surface area contributed by atoms with E-state index < -0.39 is 52.6 Å². The molecule has 288 valence electrons. The number of ketones is 1. The second-order valence-corrected chi connectivity index (χ2v) is 14.5. The molecule has 0 heterocycles. The van der Waals surface area contributed by atoms with Crippen LogP contribution in [-0.4, -0.2) is 65.1 Å². The zero-order chi connectivity index (χ0) is 38.5. The van der Waals surface area contributed by atoms with Gasteiger partial charge < -0.3 is 30.7 Å². The molecule has 1 aromatic carbocycles. The fourth-order valence-corrected chi connectivity index (χ4v) is 6.40. The van der Waals surface area contributed by atoms with Crippen LogP contribution in [0.15, 0.2) is 36.4 Å². The normalized spacial score (nSPS) is 14.6. The van der Waals surface area contributed by atoms with Crippen LogP contribution < -0.4 is 15.8 Å². The fraction of sp³-hybridized carbons (Fsp3) is 0.675. The van der Waals surface area contributed by atoms with Crippen LogP contribution in [0.5, 0.6) is 5.75 Å². The highest BCUT2D eigenvalue weighted by Gasteiger charge is 2.65. The summed E-state index contributed by atoms with van der Waals surface area (Å²) in [6.07, 6.45) is 14.1. The molecule has 5 N–H and O–H groups in total. The maximum atomic E-state index is 14.5. The van der Waals surface area contributed by atoms with Crippen molar-refractivity contribution in [2.24, 2.45) is 16.6 Å². The van der Waals surface area contributed by atoms with Gasteiger partial charge in [0.1, 0.15) is 23.0 Å². The van der Waals surface area contributed by atoms with Crippen molar-refractivity contribution < 1.29 is 43.7 Å². The summed E-state index contributed by atoms with van der Waals surface area (Å²) in [4.78, 5) is 64.7. The van der Waals surface area contributed by atoms with E-state index in [4.69, 9.17) is 15.2 Å². The van der Waals surface area contributed by atoms with E-state index in [-0.39, 0.29) is 12.2 Å². The SMILES string of the molecule is CCCCCCCC(=O)CCCCCC/C=C/[C@@](C(=O)N[C@@H](Cc1ccc(OCCCC)cc1)C(=O)OC)(C(C)(C)C)[C@@](O)(CC(N)=O)C(=O)O. The van der Waals surface area contributed by atoms with Crippen molar-refractivity contribution in [3.63, 3.8) is 0 Å². The van der Waals surface area contributed by atoms with E-state index in [1.54, 1.807) is 51.1 Å². The molecule has 1 aromatic rings. The summed E-state index contributed by atoms with van der Waals surface area (Å²) in [5.41, 5.74) is -0.407. The molecule has 0 saturated heterocycles. The lowest BCUT2D eigenvalue weighted by Crippen LogP contribution is -2.67. The second kappa shape index (κ2) is 23.0. The van der Waals surface area contributed by atoms with Crippen molar-refractivity contribution in [1.82, 2.24) is 5.32 Å². The fourth-order valence-electron chi connectivity index (χ4n) is 6.40. The minimum Gasteiger partial charge on any atom is -0.494 e. The lowest BCUT2D eigenvalue weighted by atomic mass is 9.55. The smallest absolute Gasteiger partial charge is 0.337 e. The lowest BCUT2D eigenvalue weighted by molar-refractivity contribution is -0.189. The molecular formula is C40H64N2O9. The Hall–Kier alpha value is -3.73. The molecule has 3 atom stereocenters. The van der Waals surface area contributed by atoms with E-state index in [0.29, 0.717) is 43.6 Å². The molecule has 0 aliphatic heterocycles. The standard InChI is InChI=1S/C40H64N2O9/c1-7-9-11-14-17-20-31(43)21-18-15-12-13-16-19-26-39(38(3,4)5,40(49,37(47)48)29-34(41)44)36(46)42-33(35(45)50-6)28-30-22-24-32(25-23-30)51-27-10-8-2/h19,22-26,33,49H,7-18,20-21,27-29H2,1-6H3,(H2,41,44)(H,42,46)(H,47,48)/b26-19+/t33-,39+,40+/m0/s1. The van der Waals surface area contributed by atoms with Crippen LogP contribution >= 0.6 is 0 Å². The molecule has 0 saturated carbocycles. The van der Waals surface area contributed by atoms with Gasteiger partial charge in [0.15, 0.2) is 5.60 Å². The van der Waals surface area contributed by atoms with Gasteiger partial charge in [0, 0.05) is 19.3 Å². The van der Waals surface area contributed by atoms with Crippen LogP contribution in [0.25, 0.3) is 0 Å². The van der Waals surface area contributed by atoms with Crippen molar-refractivity contribution in [3.05, 3.63) is 42.0 Å². The van der Waals surface area contributed by atoms with Gasteiger partial charge in [-0.3, -0.25) is 14.4 Å². The van der Waals surface area contributed by atoms with E-state index in [0.717, 1.165) is 51.4 Å². The van der Waals surface area contributed by atoms with Gasteiger partial charge in [0.2, 0.25) is 11.8 Å². The number of esters is 1. The number of ether oxygens (including phenoxy) is 2. The molecule has 0 bridgehead atoms. The van der Waals surface area contributed by atoms with Crippen LogP contribution in [0.4, 0.5) is 0 Å². The van der Waals surface area contributed by atoms with Gasteiger partial charge in [0.05, 0.1) is 20.1 Å². The number of aliphatic hydroxyl groups is 1. The number of hydrogen-bond acceptors (Lipinski definition) is 8. The number of carbonyl (C=O) groups is 5. The highest BCUT2D eigenvalue weighted by Crippen LogP contribution is 2.51. The number of carboxylic acids is 1. The van der Waals surface area contributed by atoms with Crippen molar-refractivity contribution in [2.45, 2.75) is 149 Å². The monoisotopic (exact) mass is 716 g/mol. The van der Waals surface area contributed by atoms with Gasteiger partial charge in [-0.1, -0.05) is 104 Å². The Kier molecular flexibility index (Phi) is 20.4. The van der Waals surface area contributed by atoms with Crippen molar-refractivity contribution >= 4 is 29.5 Å². The largest absolute Gasteiger partial charge is 0.494 e. The summed E-state index contributed by atoms with van der Waals surface area (Å²) in [7, 11) is 1.17. The molecule has 0 aromatic heterocycles. The Labute approximate surface area is 305 Å². The highest BCUT2D eigenvalue weighted by molar-refractivity contribution is 5.99. The quantitative estimate of drug-likeness (QED) is 0.0442. The number of methoxy groups -OCH3 is 1. The molecule has 0 spiro atoms. The number of benzene rings is 1. The predicted octanol–water partition coefficient (Wildman–Crippen LogP) is 6.62. The van der Waals surface area contributed by atoms with Crippen LogP contribution in [0.3, 0.4) is 0 Å². The van der Waals surface area contributed by atoms with Gasteiger partial charge in [-0.15, -0.1) is 0 Å². The molecule has 51 heavy (non-hydrogen) atoms. The number of Topliss-reactive ketones (excluding diaryl/α,β-unsaturated/α-hetero) is 1. The number of hydrogen-bond donors (Lipinski definition) is 4. The molecule has 0 unspecified atom stereocenters. The Bertz CT molecular complexity index is 1270. The van der Waals surface area contributed by atoms with Crippen molar-refractivity contribution in [2.75, 3.05) is 13.7 Å². The van der Waals surface area contributed by atoms with Crippen LogP contribution in [0.2, 0.25) is 0 Å².